The first kappa shape index (κ1) is 12.9. The highest BCUT2D eigenvalue weighted by molar-refractivity contribution is 5.80. The maximum atomic E-state index is 11.3. The number of nitriles is 1. The van der Waals surface area contributed by atoms with E-state index in [9.17, 15) is 4.79 Å². The molecule has 1 amide bonds. The maximum Gasteiger partial charge on any atom is 0.237 e. The molecule has 0 aromatic carbocycles. The molecule has 2 atom stereocenters. The van der Waals surface area contributed by atoms with Gasteiger partial charge in [0, 0.05) is 12.6 Å². The summed E-state index contributed by atoms with van der Waals surface area (Å²) >= 11 is 0. The summed E-state index contributed by atoms with van der Waals surface area (Å²) in [4.78, 5) is 11.3. The molecule has 2 N–H and O–H groups in total. The van der Waals surface area contributed by atoms with E-state index in [-0.39, 0.29) is 24.5 Å². The number of carbonyl (C=O) groups is 1. The summed E-state index contributed by atoms with van der Waals surface area (Å²) < 4.78 is 0. The Bertz CT molecular complexity index is 221. The van der Waals surface area contributed by atoms with E-state index in [0.717, 1.165) is 0 Å². The number of amides is 1. The molecule has 4 heteroatoms. The maximum absolute atomic E-state index is 11.3. The van der Waals surface area contributed by atoms with E-state index in [4.69, 9.17) is 10.4 Å². The number of nitrogens with zero attached hydrogens (tertiary/aromatic N) is 1. The second-order valence-corrected chi connectivity index (χ2v) is 3.72. The molecule has 0 aromatic rings. The van der Waals surface area contributed by atoms with Crippen LogP contribution in [-0.4, -0.2) is 23.7 Å². The van der Waals surface area contributed by atoms with Crippen LogP contribution in [0.15, 0.2) is 0 Å². The quantitative estimate of drug-likeness (QED) is 0.682. The topological polar surface area (TPSA) is 73.1 Å². The van der Waals surface area contributed by atoms with E-state index >= 15 is 0 Å². The van der Waals surface area contributed by atoms with Gasteiger partial charge in [-0.1, -0.05) is 13.8 Å². The van der Waals surface area contributed by atoms with E-state index in [1.807, 2.05) is 19.9 Å². The third-order valence-corrected chi connectivity index (χ3v) is 2.16. The second kappa shape index (κ2) is 6.39. The lowest BCUT2D eigenvalue weighted by Gasteiger charge is -2.21. The molecule has 80 valence electrons. The average Bonchev–Trinajstić information content (AvgIpc) is 2.15. The van der Waals surface area contributed by atoms with Crippen LogP contribution in [0.2, 0.25) is 0 Å². The molecule has 0 aliphatic rings. The molecule has 0 fully saturated rings. The lowest BCUT2D eigenvalue weighted by Crippen LogP contribution is -2.41. The first-order valence-corrected chi connectivity index (χ1v) is 4.83. The van der Waals surface area contributed by atoms with Gasteiger partial charge in [-0.3, -0.25) is 4.79 Å². The Hall–Kier alpha value is -1.08. The largest absolute Gasteiger partial charge is 0.396 e. The molecule has 0 saturated carbocycles. The molecular weight excluding hydrogens is 180 g/mol. The van der Waals surface area contributed by atoms with Crippen LogP contribution >= 0.6 is 0 Å². The van der Waals surface area contributed by atoms with Crippen molar-refractivity contribution in [3.8, 4) is 6.07 Å². The molecule has 0 saturated heterocycles. The molecule has 2 unspecified atom stereocenters. The Kier molecular flexibility index (Phi) is 5.89. The van der Waals surface area contributed by atoms with Crippen LogP contribution in [-0.2, 0) is 4.79 Å². The molecule has 0 aliphatic carbocycles. The minimum atomic E-state index is -0.630. The van der Waals surface area contributed by atoms with E-state index < -0.39 is 5.92 Å². The van der Waals surface area contributed by atoms with E-state index in [1.165, 1.54) is 0 Å². The fraction of sp³-hybridized carbons (Fsp3) is 0.800. The number of hydrogen-bond acceptors (Lipinski definition) is 3. The summed E-state index contributed by atoms with van der Waals surface area (Å²) in [5.41, 5.74) is 0. The molecule has 0 bridgehead atoms. The van der Waals surface area contributed by atoms with Gasteiger partial charge in [0.05, 0.1) is 6.07 Å². The molecule has 4 nitrogen and oxygen atoms in total. The first-order chi connectivity index (χ1) is 6.52. The van der Waals surface area contributed by atoms with Gasteiger partial charge < -0.3 is 10.4 Å². The molecule has 0 spiro atoms. The monoisotopic (exact) mass is 198 g/mol. The molecule has 0 aliphatic heterocycles. The molecular formula is C10H18N2O2. The number of hydrogen-bond donors (Lipinski definition) is 2. The number of aliphatic hydroxyl groups is 1. The van der Waals surface area contributed by atoms with E-state index in [2.05, 4.69) is 5.32 Å². The molecule has 14 heavy (non-hydrogen) atoms. The minimum absolute atomic E-state index is 0.0457. The summed E-state index contributed by atoms with van der Waals surface area (Å²) in [6, 6.07) is 1.82. The predicted molar refractivity (Wildman–Crippen MR) is 53.2 cm³/mol. The van der Waals surface area contributed by atoms with Crippen molar-refractivity contribution in [2.45, 2.75) is 33.2 Å². The van der Waals surface area contributed by atoms with Crippen LogP contribution in [0.25, 0.3) is 0 Å². The summed E-state index contributed by atoms with van der Waals surface area (Å²) in [6.07, 6.45) is 0.529. The van der Waals surface area contributed by atoms with Crippen molar-refractivity contribution in [1.82, 2.24) is 5.32 Å². The van der Waals surface area contributed by atoms with Gasteiger partial charge in [0.15, 0.2) is 0 Å². The van der Waals surface area contributed by atoms with Gasteiger partial charge in [-0.25, -0.2) is 0 Å². The van der Waals surface area contributed by atoms with Crippen LogP contribution in [0.5, 0.6) is 0 Å². The lowest BCUT2D eigenvalue weighted by molar-refractivity contribution is -0.124. The van der Waals surface area contributed by atoms with Crippen molar-refractivity contribution in [2.24, 2.45) is 11.8 Å². The zero-order chi connectivity index (χ0) is 11.1. The van der Waals surface area contributed by atoms with Crippen molar-refractivity contribution in [2.75, 3.05) is 6.61 Å². The number of aliphatic hydroxyl groups excluding tert-OH is 1. The highest BCUT2D eigenvalue weighted by Gasteiger charge is 2.18. The summed E-state index contributed by atoms with van der Waals surface area (Å²) in [6.45, 7) is 5.55. The predicted octanol–water partition coefficient (Wildman–Crippen LogP) is 0.669. The van der Waals surface area contributed by atoms with Crippen molar-refractivity contribution < 1.29 is 9.90 Å². The van der Waals surface area contributed by atoms with Crippen LogP contribution in [0.1, 0.15) is 27.2 Å². The highest BCUT2D eigenvalue weighted by atomic mass is 16.3. The van der Waals surface area contributed by atoms with Crippen molar-refractivity contribution >= 4 is 5.91 Å². The number of nitrogens with one attached hydrogen (secondary N) is 1. The Morgan fingerprint density at radius 3 is 2.43 bits per heavy atom. The molecule has 0 heterocycles. The van der Waals surface area contributed by atoms with Crippen molar-refractivity contribution in [1.29, 1.82) is 5.26 Å². The smallest absolute Gasteiger partial charge is 0.237 e. The van der Waals surface area contributed by atoms with Crippen LogP contribution < -0.4 is 5.32 Å². The standard InChI is InChI=1S/C10H18N2O2/c1-7(2)9(4-5-13)12-10(14)8(3)6-11/h7-9,13H,4-5H2,1-3H3,(H,12,14). The fourth-order valence-corrected chi connectivity index (χ4v) is 1.08. The third kappa shape index (κ3) is 4.24. The highest BCUT2D eigenvalue weighted by Crippen LogP contribution is 2.06. The van der Waals surface area contributed by atoms with Gasteiger partial charge >= 0.3 is 0 Å². The Morgan fingerprint density at radius 1 is 1.50 bits per heavy atom. The van der Waals surface area contributed by atoms with Gasteiger partial charge in [-0.15, -0.1) is 0 Å². The summed E-state index contributed by atoms with van der Waals surface area (Å²) in [5.74, 6) is -0.633. The van der Waals surface area contributed by atoms with Crippen LogP contribution in [0.3, 0.4) is 0 Å². The van der Waals surface area contributed by atoms with Gasteiger partial charge in [-0.2, -0.15) is 5.26 Å². The Labute approximate surface area is 84.9 Å². The van der Waals surface area contributed by atoms with Crippen LogP contribution in [0.4, 0.5) is 0 Å². The second-order valence-electron chi connectivity index (χ2n) is 3.72. The van der Waals surface area contributed by atoms with Crippen LogP contribution in [0, 0.1) is 23.2 Å². The normalized spacial score (nSPS) is 14.6. The SMILES string of the molecule is CC(C#N)C(=O)NC(CCO)C(C)C. The van der Waals surface area contributed by atoms with Gasteiger partial charge in [0.25, 0.3) is 0 Å². The summed E-state index contributed by atoms with van der Waals surface area (Å²) in [5, 5.41) is 20.1. The minimum Gasteiger partial charge on any atom is -0.396 e. The molecule has 0 aromatic heterocycles. The number of carbonyl (C=O) groups excluding carboxylic acids is 1. The lowest BCUT2D eigenvalue weighted by atomic mass is 10.0. The van der Waals surface area contributed by atoms with Gasteiger partial charge in [-0.05, 0) is 19.3 Å². The van der Waals surface area contributed by atoms with Crippen molar-refractivity contribution in [3.05, 3.63) is 0 Å². The number of rotatable bonds is 5. The van der Waals surface area contributed by atoms with E-state index in [0.29, 0.717) is 6.42 Å². The first-order valence-electron chi connectivity index (χ1n) is 4.83. The third-order valence-electron chi connectivity index (χ3n) is 2.16. The zero-order valence-corrected chi connectivity index (χ0v) is 8.95. The Morgan fingerprint density at radius 2 is 2.07 bits per heavy atom. The zero-order valence-electron chi connectivity index (χ0n) is 8.95. The Balaban J connectivity index is 4.17. The van der Waals surface area contributed by atoms with E-state index in [1.54, 1.807) is 6.92 Å². The van der Waals surface area contributed by atoms with Crippen molar-refractivity contribution in [3.63, 3.8) is 0 Å². The average molecular weight is 198 g/mol. The molecule has 0 radical (unpaired) electrons. The fourth-order valence-electron chi connectivity index (χ4n) is 1.08. The summed E-state index contributed by atoms with van der Waals surface area (Å²) in [7, 11) is 0. The van der Waals surface area contributed by atoms with Gasteiger partial charge in [0.1, 0.15) is 5.92 Å². The van der Waals surface area contributed by atoms with Gasteiger partial charge in [0.2, 0.25) is 5.91 Å². The molecule has 0 rings (SSSR count).